The first-order valence-corrected chi connectivity index (χ1v) is 5.75. The predicted octanol–water partition coefficient (Wildman–Crippen LogP) is 1.27. The van der Waals surface area contributed by atoms with E-state index in [1.165, 1.54) is 11.0 Å². The molecule has 0 saturated carbocycles. The molecule has 3 unspecified atom stereocenters. The van der Waals surface area contributed by atoms with Crippen molar-refractivity contribution in [3.63, 3.8) is 0 Å². The molecular formula is C11H16F3N3O. The lowest BCUT2D eigenvalue weighted by Gasteiger charge is -2.37. The van der Waals surface area contributed by atoms with Crippen molar-refractivity contribution >= 4 is 5.91 Å². The first kappa shape index (κ1) is 14.8. The number of amides is 1. The van der Waals surface area contributed by atoms with Gasteiger partial charge in [-0.2, -0.15) is 18.4 Å². The second kappa shape index (κ2) is 5.57. The van der Waals surface area contributed by atoms with E-state index in [-0.39, 0.29) is 12.6 Å². The number of nitrogens with zero attached hydrogens (tertiary/aromatic N) is 2. The van der Waals surface area contributed by atoms with Gasteiger partial charge in [0.05, 0.1) is 12.0 Å². The minimum absolute atomic E-state index is 0.0706. The maximum absolute atomic E-state index is 12.5. The highest BCUT2D eigenvalue weighted by Crippen LogP contribution is 2.29. The number of carbonyl (C=O) groups is 1. The third-order valence-electron chi connectivity index (χ3n) is 3.38. The molecule has 7 heteroatoms. The molecule has 1 fully saturated rings. The van der Waals surface area contributed by atoms with Crippen LogP contribution in [-0.2, 0) is 4.79 Å². The van der Waals surface area contributed by atoms with E-state index in [9.17, 15) is 18.0 Å². The van der Waals surface area contributed by atoms with Crippen molar-refractivity contribution in [2.24, 2.45) is 17.6 Å². The Labute approximate surface area is 104 Å². The number of hydrogen-bond donors (Lipinski definition) is 1. The normalized spacial score (nSPS) is 27.5. The van der Waals surface area contributed by atoms with Gasteiger partial charge in [-0.15, -0.1) is 0 Å². The van der Waals surface area contributed by atoms with E-state index >= 15 is 0 Å². The summed E-state index contributed by atoms with van der Waals surface area (Å²) < 4.78 is 37.6. The summed E-state index contributed by atoms with van der Waals surface area (Å²) >= 11 is 0. The quantitative estimate of drug-likeness (QED) is 0.833. The lowest BCUT2D eigenvalue weighted by atomic mass is 9.92. The first-order chi connectivity index (χ1) is 8.25. The van der Waals surface area contributed by atoms with Crippen LogP contribution in [0, 0.1) is 23.2 Å². The summed E-state index contributed by atoms with van der Waals surface area (Å²) in [6.45, 7) is 1.59. The van der Waals surface area contributed by atoms with Crippen molar-refractivity contribution in [3.05, 3.63) is 0 Å². The van der Waals surface area contributed by atoms with Crippen molar-refractivity contribution in [3.8, 4) is 6.07 Å². The zero-order chi connectivity index (χ0) is 13.9. The van der Waals surface area contributed by atoms with Crippen molar-refractivity contribution in [1.82, 2.24) is 4.90 Å². The van der Waals surface area contributed by atoms with Crippen LogP contribution in [0.2, 0.25) is 0 Å². The number of hydrogen-bond acceptors (Lipinski definition) is 3. The van der Waals surface area contributed by atoms with Crippen LogP contribution in [0.1, 0.15) is 19.8 Å². The summed E-state index contributed by atoms with van der Waals surface area (Å²) in [4.78, 5) is 12.6. The van der Waals surface area contributed by atoms with Gasteiger partial charge in [0.25, 0.3) is 0 Å². The smallest absolute Gasteiger partial charge is 0.369 e. The highest BCUT2D eigenvalue weighted by Gasteiger charge is 2.42. The molecular weight excluding hydrogens is 247 g/mol. The van der Waals surface area contributed by atoms with Crippen LogP contribution in [-0.4, -0.2) is 36.1 Å². The molecule has 0 aliphatic carbocycles. The summed E-state index contributed by atoms with van der Waals surface area (Å²) in [5, 5.41) is 8.57. The minimum Gasteiger partial charge on any atom is -0.369 e. The average molecular weight is 263 g/mol. The molecule has 2 N–H and O–H groups in total. The fourth-order valence-corrected chi connectivity index (χ4v) is 2.12. The minimum atomic E-state index is -4.53. The first-order valence-electron chi connectivity index (χ1n) is 5.75. The molecule has 1 amide bonds. The number of halogens is 3. The Hall–Kier alpha value is -1.29. The van der Waals surface area contributed by atoms with Crippen LogP contribution in [0.25, 0.3) is 0 Å². The van der Waals surface area contributed by atoms with Crippen molar-refractivity contribution in [2.45, 2.75) is 32.0 Å². The summed E-state index contributed by atoms with van der Waals surface area (Å²) in [6, 6.07) is 1.20. The topological polar surface area (TPSA) is 70.1 Å². The predicted molar refractivity (Wildman–Crippen MR) is 58.1 cm³/mol. The fraction of sp³-hybridized carbons (Fsp3) is 0.818. The Kier molecular flexibility index (Phi) is 4.57. The van der Waals surface area contributed by atoms with Crippen LogP contribution in [0.15, 0.2) is 0 Å². The van der Waals surface area contributed by atoms with Crippen molar-refractivity contribution in [1.29, 1.82) is 5.26 Å². The van der Waals surface area contributed by atoms with Crippen LogP contribution in [0.5, 0.6) is 0 Å². The van der Waals surface area contributed by atoms with Crippen molar-refractivity contribution in [2.75, 3.05) is 13.1 Å². The molecule has 0 bridgehead atoms. The largest absolute Gasteiger partial charge is 0.405 e. The monoisotopic (exact) mass is 263 g/mol. The lowest BCUT2D eigenvalue weighted by molar-refractivity contribution is -0.165. The Bertz CT molecular complexity index is 350. The number of alkyl halides is 3. The SMILES string of the molecule is CC1CCC(C(N)=O)CN1CC(C#N)C(F)(F)F. The van der Waals surface area contributed by atoms with Gasteiger partial charge in [-0.25, -0.2) is 0 Å². The Morgan fingerprint density at radius 3 is 2.61 bits per heavy atom. The molecule has 0 aromatic rings. The second-order valence-corrected chi connectivity index (χ2v) is 4.70. The number of primary amides is 1. The van der Waals surface area contributed by atoms with Gasteiger partial charge < -0.3 is 5.73 Å². The van der Waals surface area contributed by atoms with Crippen LogP contribution >= 0.6 is 0 Å². The molecule has 0 aromatic heterocycles. The summed E-state index contributed by atoms with van der Waals surface area (Å²) in [7, 11) is 0. The third-order valence-corrected chi connectivity index (χ3v) is 3.38. The number of nitrogens with two attached hydrogens (primary N) is 1. The molecule has 102 valence electrons. The fourth-order valence-electron chi connectivity index (χ4n) is 2.12. The van der Waals surface area contributed by atoms with Gasteiger partial charge in [0.15, 0.2) is 5.92 Å². The van der Waals surface area contributed by atoms with Gasteiger partial charge in [-0.05, 0) is 19.8 Å². The van der Waals surface area contributed by atoms with Gasteiger partial charge in [0, 0.05) is 19.1 Å². The molecule has 3 atom stereocenters. The Balaban J connectivity index is 2.69. The molecule has 1 rings (SSSR count). The summed E-state index contributed by atoms with van der Waals surface area (Å²) in [5.74, 6) is -2.94. The van der Waals surface area contributed by atoms with E-state index in [1.54, 1.807) is 6.92 Å². The molecule has 1 heterocycles. The average Bonchev–Trinajstić information content (AvgIpc) is 2.25. The lowest BCUT2D eigenvalue weighted by Crippen LogP contribution is -2.49. The molecule has 1 saturated heterocycles. The molecule has 0 radical (unpaired) electrons. The summed E-state index contributed by atoms with van der Waals surface area (Å²) in [5.41, 5.74) is 5.17. The van der Waals surface area contributed by atoms with Gasteiger partial charge in [-0.1, -0.05) is 0 Å². The molecule has 18 heavy (non-hydrogen) atoms. The zero-order valence-electron chi connectivity index (χ0n) is 10.1. The van der Waals surface area contributed by atoms with Crippen molar-refractivity contribution < 1.29 is 18.0 Å². The van der Waals surface area contributed by atoms with E-state index in [0.717, 1.165) is 0 Å². The van der Waals surface area contributed by atoms with E-state index in [1.807, 2.05) is 0 Å². The van der Waals surface area contributed by atoms with E-state index < -0.39 is 30.5 Å². The van der Waals surface area contributed by atoms with E-state index in [4.69, 9.17) is 11.0 Å². The third kappa shape index (κ3) is 3.60. The van der Waals surface area contributed by atoms with Gasteiger partial charge in [0.2, 0.25) is 5.91 Å². The van der Waals surface area contributed by atoms with E-state index in [2.05, 4.69) is 0 Å². The van der Waals surface area contributed by atoms with Crippen LogP contribution in [0.3, 0.4) is 0 Å². The molecule has 1 aliphatic heterocycles. The molecule has 0 aromatic carbocycles. The highest BCUT2D eigenvalue weighted by atomic mass is 19.4. The van der Waals surface area contributed by atoms with E-state index in [0.29, 0.717) is 12.8 Å². The number of likely N-dealkylation sites (tertiary alicyclic amines) is 1. The molecule has 0 spiro atoms. The van der Waals surface area contributed by atoms with Gasteiger partial charge in [-0.3, -0.25) is 9.69 Å². The standard InChI is InChI=1S/C11H16F3N3O/c1-7-2-3-8(10(16)18)5-17(7)6-9(4-15)11(12,13)14/h7-9H,2-3,5-6H2,1H3,(H2,16,18). The van der Waals surface area contributed by atoms with Gasteiger partial charge in [0.1, 0.15) is 0 Å². The summed E-state index contributed by atoms with van der Waals surface area (Å²) in [6.07, 6.45) is -3.33. The number of carbonyl (C=O) groups excluding carboxylic acids is 1. The Morgan fingerprint density at radius 1 is 1.56 bits per heavy atom. The number of piperidine rings is 1. The maximum Gasteiger partial charge on any atom is 0.405 e. The van der Waals surface area contributed by atoms with Crippen LogP contribution in [0.4, 0.5) is 13.2 Å². The maximum atomic E-state index is 12.5. The zero-order valence-corrected chi connectivity index (χ0v) is 10.1. The Morgan fingerprint density at radius 2 is 2.17 bits per heavy atom. The number of nitriles is 1. The van der Waals surface area contributed by atoms with Gasteiger partial charge >= 0.3 is 6.18 Å². The number of rotatable bonds is 3. The molecule has 1 aliphatic rings. The second-order valence-electron chi connectivity index (χ2n) is 4.70. The van der Waals surface area contributed by atoms with Crippen LogP contribution < -0.4 is 5.73 Å². The highest BCUT2D eigenvalue weighted by molar-refractivity contribution is 5.76. The molecule has 4 nitrogen and oxygen atoms in total.